The van der Waals surface area contributed by atoms with Crippen LogP contribution in [0, 0.1) is 11.6 Å². The first kappa shape index (κ1) is 20.0. The van der Waals surface area contributed by atoms with Gasteiger partial charge in [0.2, 0.25) is 5.95 Å². The number of benzene rings is 2. The molecule has 5 nitrogen and oxygen atoms in total. The molecule has 0 saturated heterocycles. The van der Waals surface area contributed by atoms with Crippen molar-refractivity contribution in [1.82, 2.24) is 14.5 Å². The molecule has 30 heavy (non-hydrogen) atoms. The van der Waals surface area contributed by atoms with E-state index >= 15 is 0 Å². The second-order valence-electron chi connectivity index (χ2n) is 6.85. The molecule has 0 radical (unpaired) electrons. The van der Waals surface area contributed by atoms with Gasteiger partial charge in [0.1, 0.15) is 17.3 Å². The van der Waals surface area contributed by atoms with Crippen molar-refractivity contribution in [3.05, 3.63) is 98.9 Å². The van der Waals surface area contributed by atoms with E-state index < -0.39 is 17.2 Å². The largest absolute Gasteiger partial charge is 0.348 e. The van der Waals surface area contributed by atoms with E-state index in [-0.39, 0.29) is 23.8 Å². The Morgan fingerprint density at radius 2 is 1.77 bits per heavy atom. The summed E-state index contributed by atoms with van der Waals surface area (Å²) in [6, 6.07) is 13.7. The summed E-state index contributed by atoms with van der Waals surface area (Å²) in [4.78, 5) is 21.2. The van der Waals surface area contributed by atoms with Crippen LogP contribution in [0.2, 0.25) is 5.02 Å². The van der Waals surface area contributed by atoms with Crippen molar-refractivity contribution in [2.45, 2.75) is 19.5 Å². The summed E-state index contributed by atoms with van der Waals surface area (Å²) in [5.41, 5.74) is 0.642. The van der Waals surface area contributed by atoms with E-state index in [1.54, 1.807) is 24.4 Å². The van der Waals surface area contributed by atoms with Crippen LogP contribution in [0.1, 0.15) is 24.1 Å². The van der Waals surface area contributed by atoms with E-state index in [1.807, 2.05) is 19.1 Å². The van der Waals surface area contributed by atoms with Crippen LogP contribution in [0.5, 0.6) is 0 Å². The van der Waals surface area contributed by atoms with Crippen molar-refractivity contribution in [3.8, 4) is 0 Å². The summed E-state index contributed by atoms with van der Waals surface area (Å²) in [5.74, 6) is -1.15. The predicted octanol–water partition coefficient (Wildman–Crippen LogP) is 4.94. The Kier molecular flexibility index (Phi) is 5.46. The van der Waals surface area contributed by atoms with Crippen molar-refractivity contribution in [3.63, 3.8) is 0 Å². The number of rotatable bonds is 5. The van der Waals surface area contributed by atoms with E-state index in [2.05, 4.69) is 15.3 Å². The monoisotopic (exact) mass is 426 g/mol. The molecule has 0 aliphatic rings. The minimum Gasteiger partial charge on any atom is -0.348 e. The van der Waals surface area contributed by atoms with E-state index in [0.717, 1.165) is 17.7 Å². The second-order valence-corrected chi connectivity index (χ2v) is 7.28. The van der Waals surface area contributed by atoms with E-state index in [4.69, 9.17) is 11.6 Å². The molecule has 2 aromatic carbocycles. The molecule has 0 aliphatic carbocycles. The minimum absolute atomic E-state index is 0.132. The number of nitrogens with one attached hydrogen (secondary N) is 1. The van der Waals surface area contributed by atoms with Gasteiger partial charge in [-0.05, 0) is 42.8 Å². The molecule has 4 rings (SSSR count). The molecular weight excluding hydrogens is 410 g/mol. The topological polar surface area (TPSA) is 59.8 Å². The Hall–Kier alpha value is -3.32. The molecular formula is C22H17ClF2N4O. The normalized spacial score (nSPS) is 12.1. The lowest BCUT2D eigenvalue weighted by Gasteiger charge is -2.16. The Morgan fingerprint density at radius 3 is 2.47 bits per heavy atom. The van der Waals surface area contributed by atoms with Gasteiger partial charge >= 0.3 is 0 Å². The maximum atomic E-state index is 14.1. The molecule has 152 valence electrons. The zero-order valence-corrected chi connectivity index (χ0v) is 16.7. The van der Waals surface area contributed by atoms with Gasteiger partial charge in [0, 0.05) is 28.2 Å². The third-order valence-electron chi connectivity index (χ3n) is 4.82. The number of nitrogens with zero attached hydrogens (tertiary/aromatic N) is 3. The summed E-state index contributed by atoms with van der Waals surface area (Å²) in [6.45, 7) is 1.65. The van der Waals surface area contributed by atoms with Gasteiger partial charge in [-0.25, -0.2) is 13.8 Å². The van der Waals surface area contributed by atoms with Gasteiger partial charge in [-0.15, -0.1) is 0 Å². The molecule has 0 spiro atoms. The van der Waals surface area contributed by atoms with Crippen LogP contribution in [-0.4, -0.2) is 14.5 Å². The predicted molar refractivity (Wildman–Crippen MR) is 113 cm³/mol. The van der Waals surface area contributed by atoms with Crippen molar-refractivity contribution < 1.29 is 8.78 Å². The Morgan fingerprint density at radius 1 is 1.07 bits per heavy atom. The fourth-order valence-corrected chi connectivity index (χ4v) is 3.29. The molecule has 0 fully saturated rings. The van der Waals surface area contributed by atoms with Gasteiger partial charge in [0.05, 0.1) is 12.6 Å². The second kappa shape index (κ2) is 8.20. The fourth-order valence-electron chi connectivity index (χ4n) is 3.16. The molecule has 0 amide bonds. The van der Waals surface area contributed by atoms with E-state index in [0.29, 0.717) is 16.4 Å². The van der Waals surface area contributed by atoms with Crippen LogP contribution in [0.4, 0.5) is 14.7 Å². The number of aromatic nitrogens is 3. The first-order valence-electron chi connectivity index (χ1n) is 9.24. The van der Waals surface area contributed by atoms with E-state index in [1.165, 1.54) is 16.7 Å². The van der Waals surface area contributed by atoms with Crippen molar-refractivity contribution in [2.24, 2.45) is 0 Å². The van der Waals surface area contributed by atoms with Gasteiger partial charge < -0.3 is 5.32 Å². The number of fused-ring (bicyclic) bond motifs is 1. The van der Waals surface area contributed by atoms with Crippen molar-refractivity contribution in [2.75, 3.05) is 5.32 Å². The quantitative estimate of drug-likeness (QED) is 0.491. The Balaban J connectivity index is 1.72. The summed E-state index contributed by atoms with van der Waals surface area (Å²) in [7, 11) is 0. The van der Waals surface area contributed by atoms with Crippen molar-refractivity contribution in [1.29, 1.82) is 0 Å². The average Bonchev–Trinajstić information content (AvgIpc) is 2.72. The number of hydrogen-bond acceptors (Lipinski definition) is 4. The lowest BCUT2D eigenvalue weighted by atomic mass is 10.1. The average molecular weight is 427 g/mol. The van der Waals surface area contributed by atoms with Gasteiger partial charge in [-0.1, -0.05) is 29.8 Å². The van der Waals surface area contributed by atoms with Crippen LogP contribution < -0.4 is 10.9 Å². The molecule has 1 atom stereocenters. The molecule has 1 N–H and O–H groups in total. The third-order valence-corrected chi connectivity index (χ3v) is 5.07. The standard InChI is InChI=1S/C22H17ClF2N4O/c1-13(14-5-8-16(23)9-6-14)27-22-26-11-15-7-10-20(30)29(21(15)28-22)12-17-18(24)3-2-4-19(17)25/h2-11,13H,12H2,1H3,(H,26,27,28). The zero-order chi connectivity index (χ0) is 21.3. The molecule has 2 heterocycles. The molecule has 0 bridgehead atoms. The van der Waals surface area contributed by atoms with E-state index in [9.17, 15) is 13.6 Å². The molecule has 1 unspecified atom stereocenters. The highest BCUT2D eigenvalue weighted by molar-refractivity contribution is 6.30. The van der Waals surface area contributed by atoms with Crippen LogP contribution in [0.15, 0.2) is 65.6 Å². The summed E-state index contributed by atoms with van der Waals surface area (Å²) in [5, 5.41) is 4.39. The minimum atomic E-state index is -0.720. The summed E-state index contributed by atoms with van der Waals surface area (Å²) < 4.78 is 29.5. The fraction of sp³-hybridized carbons (Fsp3) is 0.136. The van der Waals surface area contributed by atoms with Crippen LogP contribution >= 0.6 is 11.6 Å². The smallest absolute Gasteiger partial charge is 0.252 e. The Bertz CT molecular complexity index is 1250. The number of anilines is 1. The number of halogens is 3. The summed E-state index contributed by atoms with van der Waals surface area (Å²) in [6.07, 6.45) is 1.56. The van der Waals surface area contributed by atoms with Gasteiger partial charge in [0.15, 0.2) is 0 Å². The van der Waals surface area contributed by atoms with Crippen molar-refractivity contribution >= 4 is 28.6 Å². The lowest BCUT2D eigenvalue weighted by Crippen LogP contribution is -2.22. The molecule has 4 aromatic rings. The van der Waals surface area contributed by atoms with Crippen LogP contribution in [0.3, 0.4) is 0 Å². The molecule has 8 heteroatoms. The zero-order valence-electron chi connectivity index (χ0n) is 15.9. The van der Waals surface area contributed by atoms with Gasteiger partial charge in [-0.2, -0.15) is 4.98 Å². The highest BCUT2D eigenvalue weighted by Gasteiger charge is 2.14. The van der Waals surface area contributed by atoms with Crippen LogP contribution in [0.25, 0.3) is 11.0 Å². The Labute approximate surface area is 176 Å². The third kappa shape index (κ3) is 4.02. The lowest BCUT2D eigenvalue weighted by molar-refractivity contribution is 0.544. The molecule has 2 aromatic heterocycles. The van der Waals surface area contributed by atoms with Gasteiger partial charge in [-0.3, -0.25) is 9.36 Å². The molecule has 0 saturated carbocycles. The maximum absolute atomic E-state index is 14.1. The molecule has 0 aliphatic heterocycles. The first-order valence-corrected chi connectivity index (χ1v) is 9.61. The SMILES string of the molecule is CC(Nc1ncc2ccc(=O)n(Cc3c(F)cccc3F)c2n1)c1ccc(Cl)cc1. The first-order chi connectivity index (χ1) is 14.4. The number of hydrogen-bond donors (Lipinski definition) is 1. The highest BCUT2D eigenvalue weighted by Crippen LogP contribution is 2.21. The maximum Gasteiger partial charge on any atom is 0.252 e. The van der Waals surface area contributed by atoms with Crippen LogP contribution in [-0.2, 0) is 6.54 Å². The number of pyridine rings is 1. The summed E-state index contributed by atoms with van der Waals surface area (Å²) >= 11 is 5.93. The highest BCUT2D eigenvalue weighted by atomic mass is 35.5. The van der Waals surface area contributed by atoms with Gasteiger partial charge in [0.25, 0.3) is 5.56 Å².